The van der Waals surface area contributed by atoms with Crippen LogP contribution in [0.1, 0.15) is 25.8 Å². The Kier molecular flexibility index (Phi) is 6.94. The molecule has 0 unspecified atom stereocenters. The van der Waals surface area contributed by atoms with Crippen LogP contribution >= 0.6 is 0 Å². The molecule has 0 bridgehead atoms. The molecule has 0 saturated heterocycles. The number of hydrogen-bond donors (Lipinski definition) is 2. The summed E-state index contributed by atoms with van der Waals surface area (Å²) in [5, 5.41) is 6.33. The number of rotatable bonds is 8. The number of alkyl halides is 3. The summed E-state index contributed by atoms with van der Waals surface area (Å²) in [5.41, 5.74) is 1.72. The Balaban J connectivity index is 1.89. The Bertz CT molecular complexity index is 1010. The van der Waals surface area contributed by atoms with Gasteiger partial charge in [-0.05, 0) is 43.2 Å². The van der Waals surface area contributed by atoms with Crippen molar-refractivity contribution in [1.82, 2.24) is 9.97 Å². The number of aromatic nitrogens is 2. The molecule has 1 atom stereocenters. The fourth-order valence-electron chi connectivity index (χ4n) is 2.72. The molecule has 3 rings (SSSR count). The highest BCUT2D eigenvalue weighted by Gasteiger charge is 2.31. The first-order valence-electron chi connectivity index (χ1n) is 9.72. The van der Waals surface area contributed by atoms with E-state index < -0.39 is 6.36 Å². The van der Waals surface area contributed by atoms with E-state index in [2.05, 4.69) is 25.3 Å². The second-order valence-corrected chi connectivity index (χ2v) is 6.97. The van der Waals surface area contributed by atoms with Crippen molar-refractivity contribution < 1.29 is 22.3 Å². The van der Waals surface area contributed by atoms with Crippen LogP contribution in [0.25, 0.3) is 11.3 Å². The first kappa shape index (κ1) is 22.3. The molecule has 1 aromatic heterocycles. The van der Waals surface area contributed by atoms with Gasteiger partial charge in [-0.2, -0.15) is 4.98 Å². The van der Waals surface area contributed by atoms with Crippen LogP contribution in [0.3, 0.4) is 0 Å². The Hall–Kier alpha value is -3.36. The van der Waals surface area contributed by atoms with Crippen molar-refractivity contribution in [3.63, 3.8) is 0 Å². The normalized spacial score (nSPS) is 12.3. The van der Waals surface area contributed by atoms with E-state index in [1.54, 1.807) is 24.3 Å². The van der Waals surface area contributed by atoms with Gasteiger partial charge in [0.25, 0.3) is 0 Å². The second-order valence-electron chi connectivity index (χ2n) is 6.97. The molecule has 2 aromatic carbocycles. The van der Waals surface area contributed by atoms with E-state index in [1.165, 1.54) is 30.3 Å². The van der Waals surface area contributed by atoms with Crippen LogP contribution in [0.5, 0.6) is 5.75 Å². The standard InChI is InChI=1S/C22H22F4N4O/c1-3-14(2)28-21-29-19(16-5-4-6-18(11-16)31-22(24,25)26)12-20(30-21)27-13-15-7-9-17(23)10-8-15/h4-12,14H,3,13H2,1-2H3,(H2,27,28,29,30)/t14-/m0/s1. The van der Waals surface area contributed by atoms with Gasteiger partial charge in [-0.15, -0.1) is 13.2 Å². The van der Waals surface area contributed by atoms with E-state index in [0.717, 1.165) is 12.0 Å². The summed E-state index contributed by atoms with van der Waals surface area (Å²) in [4.78, 5) is 8.89. The molecule has 31 heavy (non-hydrogen) atoms. The lowest BCUT2D eigenvalue weighted by atomic mass is 10.1. The highest BCUT2D eigenvalue weighted by molar-refractivity contribution is 5.66. The molecular weight excluding hydrogens is 412 g/mol. The molecule has 0 amide bonds. The van der Waals surface area contributed by atoms with Crippen molar-refractivity contribution >= 4 is 11.8 Å². The lowest BCUT2D eigenvalue weighted by molar-refractivity contribution is -0.274. The topological polar surface area (TPSA) is 59.1 Å². The highest BCUT2D eigenvalue weighted by Crippen LogP contribution is 2.29. The minimum atomic E-state index is -4.78. The summed E-state index contributed by atoms with van der Waals surface area (Å²) < 4.78 is 54.9. The molecule has 0 saturated carbocycles. The van der Waals surface area contributed by atoms with Gasteiger partial charge < -0.3 is 15.4 Å². The van der Waals surface area contributed by atoms with Crippen molar-refractivity contribution in [3.8, 4) is 17.0 Å². The van der Waals surface area contributed by atoms with Crippen molar-refractivity contribution in [3.05, 3.63) is 66.0 Å². The van der Waals surface area contributed by atoms with Crippen LogP contribution in [0, 0.1) is 5.82 Å². The zero-order valence-electron chi connectivity index (χ0n) is 17.0. The number of benzene rings is 2. The summed E-state index contributed by atoms with van der Waals surface area (Å²) in [5.74, 6) is 0.160. The smallest absolute Gasteiger partial charge is 0.406 e. The molecule has 0 spiro atoms. The zero-order valence-corrected chi connectivity index (χ0v) is 17.0. The van der Waals surface area contributed by atoms with Gasteiger partial charge in [-0.1, -0.05) is 31.2 Å². The lowest BCUT2D eigenvalue weighted by Gasteiger charge is -2.15. The van der Waals surface area contributed by atoms with E-state index in [4.69, 9.17) is 0 Å². The van der Waals surface area contributed by atoms with Crippen LogP contribution in [0.15, 0.2) is 54.6 Å². The fraction of sp³-hybridized carbons (Fsp3) is 0.273. The molecule has 1 heterocycles. The molecule has 164 valence electrons. The number of nitrogens with zero attached hydrogens (tertiary/aromatic N) is 2. The number of nitrogens with one attached hydrogen (secondary N) is 2. The quantitative estimate of drug-likeness (QED) is 0.426. The average Bonchev–Trinajstić information content (AvgIpc) is 2.72. The predicted octanol–water partition coefficient (Wildman–Crippen LogP) is 6.00. The minimum Gasteiger partial charge on any atom is -0.406 e. The lowest BCUT2D eigenvalue weighted by Crippen LogP contribution is -2.17. The third-order valence-electron chi connectivity index (χ3n) is 4.46. The molecule has 3 aromatic rings. The molecule has 5 nitrogen and oxygen atoms in total. The summed E-state index contributed by atoms with van der Waals surface area (Å²) in [6.07, 6.45) is -3.95. The van der Waals surface area contributed by atoms with Crippen LogP contribution in [-0.2, 0) is 6.54 Å². The van der Waals surface area contributed by atoms with Crippen LogP contribution < -0.4 is 15.4 Å². The number of ether oxygens (including phenoxy) is 1. The van der Waals surface area contributed by atoms with Crippen molar-refractivity contribution in [2.75, 3.05) is 10.6 Å². The van der Waals surface area contributed by atoms with E-state index in [0.29, 0.717) is 29.6 Å². The van der Waals surface area contributed by atoms with Crippen molar-refractivity contribution in [2.24, 2.45) is 0 Å². The maximum atomic E-state index is 13.1. The van der Waals surface area contributed by atoms with Gasteiger partial charge in [0.05, 0.1) is 5.69 Å². The van der Waals surface area contributed by atoms with Gasteiger partial charge in [0, 0.05) is 24.2 Å². The van der Waals surface area contributed by atoms with Gasteiger partial charge >= 0.3 is 6.36 Å². The first-order chi connectivity index (χ1) is 14.7. The molecule has 9 heteroatoms. The number of hydrogen-bond acceptors (Lipinski definition) is 5. The summed E-state index contributed by atoms with van der Waals surface area (Å²) >= 11 is 0. The predicted molar refractivity (Wildman–Crippen MR) is 111 cm³/mol. The highest BCUT2D eigenvalue weighted by atomic mass is 19.4. The van der Waals surface area contributed by atoms with Crippen molar-refractivity contribution in [2.45, 2.75) is 39.2 Å². The Morgan fingerprint density at radius 2 is 1.77 bits per heavy atom. The van der Waals surface area contributed by atoms with Crippen molar-refractivity contribution in [1.29, 1.82) is 0 Å². The van der Waals surface area contributed by atoms with Crippen LogP contribution in [0.4, 0.5) is 29.3 Å². The van der Waals surface area contributed by atoms with Gasteiger partial charge in [0.2, 0.25) is 5.95 Å². The third kappa shape index (κ3) is 6.84. The second kappa shape index (κ2) is 9.63. The first-order valence-corrected chi connectivity index (χ1v) is 9.72. The Morgan fingerprint density at radius 3 is 2.45 bits per heavy atom. The van der Waals surface area contributed by atoms with Gasteiger partial charge in [0.1, 0.15) is 17.4 Å². The van der Waals surface area contributed by atoms with Gasteiger partial charge in [-0.25, -0.2) is 9.37 Å². The molecule has 2 N–H and O–H groups in total. The summed E-state index contributed by atoms with van der Waals surface area (Å²) in [7, 11) is 0. The van der Waals surface area contributed by atoms with E-state index >= 15 is 0 Å². The Labute approximate surface area is 177 Å². The molecule has 0 aliphatic heterocycles. The SMILES string of the molecule is CC[C@H](C)Nc1nc(NCc2ccc(F)cc2)cc(-c2cccc(OC(F)(F)F)c2)n1. The molecule has 0 radical (unpaired) electrons. The maximum absolute atomic E-state index is 13.1. The third-order valence-corrected chi connectivity index (χ3v) is 4.46. The number of halogens is 4. The fourth-order valence-corrected chi connectivity index (χ4v) is 2.72. The zero-order chi connectivity index (χ0) is 22.4. The van der Waals surface area contributed by atoms with E-state index in [1.807, 2.05) is 13.8 Å². The maximum Gasteiger partial charge on any atom is 0.573 e. The molecule has 0 aliphatic carbocycles. The van der Waals surface area contributed by atoms with E-state index in [9.17, 15) is 17.6 Å². The van der Waals surface area contributed by atoms with E-state index in [-0.39, 0.29) is 17.6 Å². The molecule has 0 aliphatic rings. The minimum absolute atomic E-state index is 0.0973. The summed E-state index contributed by atoms with van der Waals surface area (Å²) in [6, 6.07) is 13.4. The molecular formula is C22H22F4N4O. The van der Waals surface area contributed by atoms with Gasteiger partial charge in [0.15, 0.2) is 0 Å². The Morgan fingerprint density at radius 1 is 1.03 bits per heavy atom. The van der Waals surface area contributed by atoms with Crippen LogP contribution in [-0.4, -0.2) is 22.4 Å². The summed E-state index contributed by atoms with van der Waals surface area (Å²) in [6.45, 7) is 4.36. The van der Waals surface area contributed by atoms with Gasteiger partial charge in [-0.3, -0.25) is 0 Å². The monoisotopic (exact) mass is 434 g/mol. The molecule has 0 fully saturated rings. The largest absolute Gasteiger partial charge is 0.573 e. The average molecular weight is 434 g/mol. The van der Waals surface area contributed by atoms with Crippen LogP contribution in [0.2, 0.25) is 0 Å². The number of anilines is 2.